The summed E-state index contributed by atoms with van der Waals surface area (Å²) in [6.07, 6.45) is 1.61. The third-order valence-electron chi connectivity index (χ3n) is 1.79. The molecule has 0 spiro atoms. The van der Waals surface area contributed by atoms with Gasteiger partial charge in [0, 0.05) is 0 Å². The molecule has 0 aliphatic carbocycles. The van der Waals surface area contributed by atoms with Crippen LogP contribution in [0.15, 0.2) is 34.3 Å². The quantitative estimate of drug-likeness (QED) is 0.729. The molecule has 4 heteroatoms. The summed E-state index contributed by atoms with van der Waals surface area (Å²) in [7, 11) is 0. The van der Waals surface area contributed by atoms with E-state index in [0.717, 1.165) is 11.3 Å². The molecule has 0 aliphatic rings. The lowest BCUT2D eigenvalue weighted by Gasteiger charge is -1.94. The number of hydrogen-bond acceptors (Lipinski definition) is 3. The van der Waals surface area contributed by atoms with Gasteiger partial charge in [0.15, 0.2) is 5.78 Å². The molecule has 72 valence electrons. The zero-order chi connectivity index (χ0) is 9.97. The van der Waals surface area contributed by atoms with Gasteiger partial charge in [-0.3, -0.25) is 4.79 Å². The van der Waals surface area contributed by atoms with E-state index in [-0.39, 0.29) is 17.1 Å². The van der Waals surface area contributed by atoms with Crippen LogP contribution in [0.2, 0.25) is 0 Å². The molecule has 0 amide bonds. The molecule has 0 aliphatic heterocycles. The molecule has 0 saturated heterocycles. The molecule has 0 saturated carbocycles. The van der Waals surface area contributed by atoms with Crippen LogP contribution in [0.4, 0.5) is 4.39 Å². The van der Waals surface area contributed by atoms with Crippen LogP contribution < -0.4 is 0 Å². The van der Waals surface area contributed by atoms with Gasteiger partial charge in [0.25, 0.3) is 0 Å². The van der Waals surface area contributed by atoms with Crippen molar-refractivity contribution in [2.24, 2.45) is 0 Å². The molecule has 0 atom stereocenters. The van der Waals surface area contributed by atoms with Gasteiger partial charge in [-0.25, -0.2) is 4.39 Å². The fraction of sp³-hybridized carbons (Fsp3) is 0.100. The number of halogens is 1. The predicted molar refractivity (Wildman–Crippen MR) is 51.0 cm³/mol. The minimum atomic E-state index is -0.452. The summed E-state index contributed by atoms with van der Waals surface area (Å²) in [5, 5.41) is 1.56. The topological polar surface area (TPSA) is 30.2 Å². The van der Waals surface area contributed by atoms with Crippen molar-refractivity contribution in [2.45, 2.75) is 6.42 Å². The second-order valence-electron chi connectivity index (χ2n) is 2.78. The molecule has 2 rings (SSSR count). The maximum Gasteiger partial charge on any atom is 0.183 e. The molecule has 2 heterocycles. The van der Waals surface area contributed by atoms with Crippen LogP contribution in [0.5, 0.6) is 0 Å². The van der Waals surface area contributed by atoms with E-state index >= 15 is 0 Å². The number of thiophene rings is 1. The van der Waals surface area contributed by atoms with Crippen LogP contribution in [0.1, 0.15) is 15.4 Å². The number of furan rings is 1. The second-order valence-corrected chi connectivity index (χ2v) is 3.69. The summed E-state index contributed by atoms with van der Waals surface area (Å²) < 4.78 is 18.0. The summed E-state index contributed by atoms with van der Waals surface area (Å²) in [6.45, 7) is 0. The van der Waals surface area contributed by atoms with Gasteiger partial charge in [0.1, 0.15) is 16.5 Å². The Morgan fingerprint density at radius 2 is 2.36 bits per heavy atom. The second kappa shape index (κ2) is 3.75. The predicted octanol–water partition coefficient (Wildman–Crippen LogP) is 2.91. The van der Waals surface area contributed by atoms with Gasteiger partial charge >= 0.3 is 0 Å². The molecular weight excluding hydrogens is 203 g/mol. The van der Waals surface area contributed by atoms with Crippen molar-refractivity contribution in [3.8, 4) is 0 Å². The van der Waals surface area contributed by atoms with Crippen LogP contribution in [-0.2, 0) is 6.42 Å². The van der Waals surface area contributed by atoms with Gasteiger partial charge in [-0.2, -0.15) is 0 Å². The first-order valence-corrected chi connectivity index (χ1v) is 4.94. The van der Waals surface area contributed by atoms with E-state index in [4.69, 9.17) is 4.42 Å². The average molecular weight is 210 g/mol. The molecule has 14 heavy (non-hydrogen) atoms. The highest BCUT2D eigenvalue weighted by atomic mass is 32.1. The third kappa shape index (κ3) is 1.75. The molecule has 0 bridgehead atoms. The van der Waals surface area contributed by atoms with Gasteiger partial charge in [0.05, 0.1) is 12.7 Å². The first kappa shape index (κ1) is 9.15. The highest BCUT2D eigenvalue weighted by molar-refractivity contribution is 7.12. The Morgan fingerprint density at radius 1 is 1.50 bits per heavy atom. The number of carbonyl (C=O) groups is 1. The SMILES string of the molecule is O=C(Cc1ccco1)c1sccc1F. The van der Waals surface area contributed by atoms with Crippen molar-refractivity contribution in [1.82, 2.24) is 0 Å². The van der Waals surface area contributed by atoms with E-state index < -0.39 is 5.82 Å². The highest BCUT2D eigenvalue weighted by Crippen LogP contribution is 2.17. The van der Waals surface area contributed by atoms with E-state index in [0.29, 0.717) is 5.76 Å². The zero-order valence-corrected chi connectivity index (χ0v) is 8.01. The number of ketones is 1. The van der Waals surface area contributed by atoms with E-state index in [1.165, 1.54) is 12.3 Å². The van der Waals surface area contributed by atoms with E-state index in [1.807, 2.05) is 0 Å². The minimum Gasteiger partial charge on any atom is -0.469 e. The van der Waals surface area contributed by atoms with E-state index in [1.54, 1.807) is 17.5 Å². The van der Waals surface area contributed by atoms with Crippen molar-refractivity contribution < 1.29 is 13.6 Å². The largest absolute Gasteiger partial charge is 0.469 e. The molecule has 0 aromatic carbocycles. The lowest BCUT2D eigenvalue weighted by Crippen LogP contribution is -2.01. The monoisotopic (exact) mass is 210 g/mol. The highest BCUT2D eigenvalue weighted by Gasteiger charge is 2.14. The number of rotatable bonds is 3. The number of hydrogen-bond donors (Lipinski definition) is 0. The molecule has 2 aromatic heterocycles. The maximum absolute atomic E-state index is 13.0. The van der Waals surface area contributed by atoms with Crippen LogP contribution >= 0.6 is 11.3 Å². The third-order valence-corrected chi connectivity index (χ3v) is 2.72. The van der Waals surface area contributed by atoms with Crippen molar-refractivity contribution in [2.75, 3.05) is 0 Å². The maximum atomic E-state index is 13.0. The van der Waals surface area contributed by atoms with Crippen molar-refractivity contribution >= 4 is 17.1 Å². The van der Waals surface area contributed by atoms with Crippen LogP contribution in [0, 0.1) is 5.82 Å². The molecular formula is C10H7FO2S. The van der Waals surface area contributed by atoms with Crippen LogP contribution in [0.3, 0.4) is 0 Å². The Hall–Kier alpha value is -1.42. The molecule has 0 unspecified atom stereocenters. The summed E-state index contributed by atoms with van der Waals surface area (Å²) >= 11 is 1.11. The minimum absolute atomic E-state index is 0.116. The summed E-state index contributed by atoms with van der Waals surface area (Å²) in [5.74, 6) is -0.137. The standard InChI is InChI=1S/C10H7FO2S/c11-8-3-5-14-10(8)9(12)6-7-2-1-4-13-7/h1-5H,6H2. The Labute approximate surface area is 84.0 Å². The number of Topliss-reactive ketones (excluding diaryl/α,β-unsaturated/α-hetero) is 1. The van der Waals surface area contributed by atoms with Crippen molar-refractivity contribution in [3.05, 3.63) is 46.3 Å². The van der Waals surface area contributed by atoms with Gasteiger partial charge in [-0.05, 0) is 23.6 Å². The fourth-order valence-electron chi connectivity index (χ4n) is 1.14. The Balaban J connectivity index is 2.14. The van der Waals surface area contributed by atoms with Gasteiger partial charge in [0.2, 0.25) is 0 Å². The van der Waals surface area contributed by atoms with Crippen molar-refractivity contribution in [3.63, 3.8) is 0 Å². The summed E-state index contributed by atoms with van der Waals surface area (Å²) in [5.41, 5.74) is 0. The normalized spacial score (nSPS) is 10.4. The summed E-state index contributed by atoms with van der Waals surface area (Å²) in [6, 6.07) is 4.69. The lowest BCUT2D eigenvalue weighted by atomic mass is 10.2. The molecule has 0 radical (unpaired) electrons. The van der Waals surface area contributed by atoms with E-state index in [9.17, 15) is 9.18 Å². The molecule has 0 N–H and O–H groups in total. The summed E-state index contributed by atoms with van der Waals surface area (Å²) in [4.78, 5) is 11.7. The molecule has 2 nitrogen and oxygen atoms in total. The van der Waals surface area contributed by atoms with Gasteiger partial charge in [-0.1, -0.05) is 0 Å². The Bertz CT molecular complexity index is 431. The zero-order valence-electron chi connectivity index (χ0n) is 7.20. The Morgan fingerprint density at radius 3 is 2.93 bits per heavy atom. The van der Waals surface area contributed by atoms with E-state index in [2.05, 4.69) is 0 Å². The van der Waals surface area contributed by atoms with Gasteiger partial charge in [-0.15, -0.1) is 11.3 Å². The number of carbonyl (C=O) groups excluding carboxylic acids is 1. The Kier molecular flexibility index (Phi) is 2.45. The molecule has 2 aromatic rings. The van der Waals surface area contributed by atoms with Crippen LogP contribution in [0.25, 0.3) is 0 Å². The fourth-order valence-corrected chi connectivity index (χ4v) is 1.85. The average Bonchev–Trinajstić information content (AvgIpc) is 2.75. The van der Waals surface area contributed by atoms with Crippen molar-refractivity contribution in [1.29, 1.82) is 0 Å². The lowest BCUT2D eigenvalue weighted by molar-refractivity contribution is 0.0987. The van der Waals surface area contributed by atoms with Crippen LogP contribution in [-0.4, -0.2) is 5.78 Å². The first-order valence-electron chi connectivity index (χ1n) is 4.06. The van der Waals surface area contributed by atoms with Gasteiger partial charge < -0.3 is 4.42 Å². The smallest absolute Gasteiger partial charge is 0.183 e. The first-order chi connectivity index (χ1) is 6.77. The molecule has 0 fully saturated rings.